The summed E-state index contributed by atoms with van der Waals surface area (Å²) in [4.78, 5) is 2.62. The minimum atomic E-state index is -3.52. The summed E-state index contributed by atoms with van der Waals surface area (Å²) in [5.41, 5.74) is 3.32. The van der Waals surface area contributed by atoms with E-state index in [9.17, 15) is 8.42 Å². The second kappa shape index (κ2) is 9.56. The summed E-state index contributed by atoms with van der Waals surface area (Å²) in [6.07, 6.45) is 0.963. The van der Waals surface area contributed by atoms with E-state index in [4.69, 9.17) is 14.2 Å². The fraction of sp³-hybridized carbons (Fsp3) is 0.478. The Kier molecular flexibility index (Phi) is 6.81. The maximum Gasteiger partial charge on any atom is 0.243 e. The van der Waals surface area contributed by atoms with Crippen LogP contribution in [0, 0.1) is 6.92 Å². The summed E-state index contributed by atoms with van der Waals surface area (Å²) >= 11 is 0. The van der Waals surface area contributed by atoms with Gasteiger partial charge in [0, 0.05) is 46.3 Å². The summed E-state index contributed by atoms with van der Waals surface area (Å²) in [7, 11) is -1.90. The number of hydrogen-bond donors (Lipinski definition) is 0. The Morgan fingerprint density at radius 1 is 1.03 bits per heavy atom. The highest BCUT2D eigenvalue weighted by atomic mass is 32.2. The van der Waals surface area contributed by atoms with E-state index in [1.807, 2.05) is 13.0 Å². The van der Waals surface area contributed by atoms with Gasteiger partial charge in [0.05, 0.1) is 18.1 Å². The van der Waals surface area contributed by atoms with Crippen molar-refractivity contribution in [2.24, 2.45) is 0 Å². The summed E-state index contributed by atoms with van der Waals surface area (Å²) in [5.74, 6) is 1.67. The maximum atomic E-state index is 13.1. The number of nitrogens with zero attached hydrogens (tertiary/aromatic N) is 2. The Morgan fingerprint density at radius 3 is 2.58 bits per heavy atom. The zero-order valence-corrected chi connectivity index (χ0v) is 19.0. The molecule has 0 amide bonds. The summed E-state index contributed by atoms with van der Waals surface area (Å²) in [6.45, 7) is 6.77. The van der Waals surface area contributed by atoms with Gasteiger partial charge in [-0.15, -0.1) is 0 Å². The predicted molar refractivity (Wildman–Crippen MR) is 118 cm³/mol. The van der Waals surface area contributed by atoms with E-state index in [1.54, 1.807) is 29.6 Å². The molecule has 0 unspecified atom stereocenters. The lowest BCUT2D eigenvalue weighted by Crippen LogP contribution is -2.48. The molecule has 0 N–H and O–H groups in total. The molecular formula is C23H30N2O5S. The molecule has 0 aliphatic carbocycles. The highest BCUT2D eigenvalue weighted by Gasteiger charge is 2.29. The topological polar surface area (TPSA) is 68.3 Å². The molecule has 2 aromatic rings. The molecule has 0 bridgehead atoms. The Bertz CT molecular complexity index is 1020. The van der Waals surface area contributed by atoms with Crippen LogP contribution in [-0.2, 0) is 27.7 Å². The van der Waals surface area contributed by atoms with E-state index < -0.39 is 10.0 Å². The van der Waals surface area contributed by atoms with E-state index in [0.29, 0.717) is 50.0 Å². The lowest BCUT2D eigenvalue weighted by molar-refractivity contribution is 0.146. The van der Waals surface area contributed by atoms with Gasteiger partial charge in [-0.05, 0) is 47.9 Å². The second-order valence-electron chi connectivity index (χ2n) is 7.99. The molecule has 168 valence electrons. The first-order chi connectivity index (χ1) is 15.0. The van der Waals surface area contributed by atoms with E-state index >= 15 is 0 Å². The molecule has 31 heavy (non-hydrogen) atoms. The lowest BCUT2D eigenvalue weighted by atomic mass is 10.1. The van der Waals surface area contributed by atoms with Gasteiger partial charge in [-0.2, -0.15) is 4.31 Å². The van der Waals surface area contributed by atoms with Gasteiger partial charge in [0.2, 0.25) is 10.0 Å². The molecule has 8 heteroatoms. The molecule has 1 saturated heterocycles. The first-order valence-electron chi connectivity index (χ1n) is 10.7. The number of aryl methyl sites for hydroxylation is 1. The average Bonchev–Trinajstić information content (AvgIpc) is 3.23. The molecule has 4 rings (SSSR count). The first kappa shape index (κ1) is 22.1. The van der Waals surface area contributed by atoms with Crippen molar-refractivity contribution in [3.8, 4) is 11.5 Å². The number of rotatable bonds is 8. The minimum absolute atomic E-state index is 0.316. The van der Waals surface area contributed by atoms with E-state index in [2.05, 4.69) is 17.0 Å². The van der Waals surface area contributed by atoms with Gasteiger partial charge in [0.1, 0.15) is 18.1 Å². The van der Waals surface area contributed by atoms with Crippen molar-refractivity contribution in [2.75, 3.05) is 53.1 Å². The molecule has 2 aromatic carbocycles. The quantitative estimate of drug-likeness (QED) is 0.581. The van der Waals surface area contributed by atoms with Gasteiger partial charge in [-0.1, -0.05) is 12.1 Å². The van der Waals surface area contributed by atoms with Crippen LogP contribution in [0.3, 0.4) is 0 Å². The SMILES string of the molecule is COCCOc1ccc(S(=O)(=O)N2CCN(Cc3ccc4c(c3)CCO4)CC2)cc1C. The van der Waals surface area contributed by atoms with E-state index in [1.165, 1.54) is 11.1 Å². The fourth-order valence-electron chi connectivity index (χ4n) is 4.05. The second-order valence-corrected chi connectivity index (χ2v) is 9.93. The third kappa shape index (κ3) is 5.03. The van der Waals surface area contributed by atoms with Crippen LogP contribution in [0.1, 0.15) is 16.7 Å². The van der Waals surface area contributed by atoms with E-state index in [0.717, 1.165) is 30.9 Å². The normalized spacial score (nSPS) is 17.4. The van der Waals surface area contributed by atoms with Crippen LogP contribution in [0.15, 0.2) is 41.3 Å². The molecule has 0 spiro atoms. The number of benzene rings is 2. The Labute approximate surface area is 184 Å². The third-order valence-corrected chi connectivity index (χ3v) is 7.72. The third-order valence-electron chi connectivity index (χ3n) is 5.82. The van der Waals surface area contributed by atoms with Crippen molar-refractivity contribution >= 4 is 10.0 Å². The molecule has 2 heterocycles. The van der Waals surface area contributed by atoms with Crippen LogP contribution in [0.2, 0.25) is 0 Å². The molecule has 0 aromatic heterocycles. The standard InChI is InChI=1S/C23H30N2O5S/c1-18-15-21(4-6-22(18)30-14-13-28-2)31(26,27)25-10-8-24(9-11-25)17-19-3-5-23-20(16-19)7-12-29-23/h3-6,15-16H,7-14,17H2,1-2H3. The zero-order chi connectivity index (χ0) is 21.8. The van der Waals surface area contributed by atoms with Gasteiger partial charge in [-0.3, -0.25) is 4.90 Å². The largest absolute Gasteiger partial charge is 0.493 e. The molecule has 1 fully saturated rings. The summed E-state index contributed by atoms with van der Waals surface area (Å²) in [6, 6.07) is 11.4. The molecule has 2 aliphatic rings. The van der Waals surface area contributed by atoms with Crippen molar-refractivity contribution in [3.63, 3.8) is 0 Å². The molecule has 0 radical (unpaired) electrons. The predicted octanol–water partition coefficient (Wildman–Crippen LogP) is 2.46. The van der Waals surface area contributed by atoms with Gasteiger partial charge >= 0.3 is 0 Å². The molecule has 0 saturated carbocycles. The summed E-state index contributed by atoms with van der Waals surface area (Å²) in [5, 5.41) is 0. The maximum absolute atomic E-state index is 13.1. The van der Waals surface area contributed by atoms with Crippen molar-refractivity contribution < 1.29 is 22.6 Å². The van der Waals surface area contributed by atoms with Gasteiger partial charge in [-0.25, -0.2) is 8.42 Å². The zero-order valence-electron chi connectivity index (χ0n) is 18.2. The average molecular weight is 447 g/mol. The lowest BCUT2D eigenvalue weighted by Gasteiger charge is -2.34. The van der Waals surface area contributed by atoms with Gasteiger partial charge in [0.15, 0.2) is 0 Å². The van der Waals surface area contributed by atoms with Crippen LogP contribution < -0.4 is 9.47 Å². The van der Waals surface area contributed by atoms with E-state index in [-0.39, 0.29) is 0 Å². The Balaban J connectivity index is 1.36. The number of ether oxygens (including phenoxy) is 3. The first-order valence-corrected chi connectivity index (χ1v) is 12.1. The van der Waals surface area contributed by atoms with Crippen molar-refractivity contribution in [1.82, 2.24) is 9.21 Å². The Hall–Kier alpha value is -2.13. The fourth-order valence-corrected chi connectivity index (χ4v) is 5.56. The van der Waals surface area contributed by atoms with Crippen LogP contribution in [0.4, 0.5) is 0 Å². The number of fused-ring (bicyclic) bond motifs is 1. The number of methoxy groups -OCH3 is 1. The highest BCUT2D eigenvalue weighted by Crippen LogP contribution is 2.27. The van der Waals surface area contributed by atoms with Crippen molar-refractivity contribution in [3.05, 3.63) is 53.1 Å². The molecule has 2 aliphatic heterocycles. The highest BCUT2D eigenvalue weighted by molar-refractivity contribution is 7.89. The van der Waals surface area contributed by atoms with Gasteiger partial charge in [0.25, 0.3) is 0 Å². The summed E-state index contributed by atoms with van der Waals surface area (Å²) < 4.78 is 44.1. The molecule has 0 atom stereocenters. The number of piperazine rings is 1. The van der Waals surface area contributed by atoms with Crippen molar-refractivity contribution in [2.45, 2.75) is 24.8 Å². The van der Waals surface area contributed by atoms with Crippen molar-refractivity contribution in [1.29, 1.82) is 0 Å². The smallest absolute Gasteiger partial charge is 0.243 e. The monoisotopic (exact) mass is 446 g/mol. The molecular weight excluding hydrogens is 416 g/mol. The Morgan fingerprint density at radius 2 is 1.84 bits per heavy atom. The number of sulfonamides is 1. The van der Waals surface area contributed by atoms with Crippen LogP contribution >= 0.6 is 0 Å². The molecule has 7 nitrogen and oxygen atoms in total. The minimum Gasteiger partial charge on any atom is -0.493 e. The van der Waals surface area contributed by atoms with Crippen LogP contribution in [0.25, 0.3) is 0 Å². The van der Waals surface area contributed by atoms with Gasteiger partial charge < -0.3 is 14.2 Å². The number of hydrogen-bond acceptors (Lipinski definition) is 6. The van der Waals surface area contributed by atoms with Crippen LogP contribution in [-0.4, -0.2) is 70.7 Å². The van der Waals surface area contributed by atoms with Crippen LogP contribution in [0.5, 0.6) is 11.5 Å².